The fourth-order valence-corrected chi connectivity index (χ4v) is 2.82. The lowest BCUT2D eigenvalue weighted by molar-refractivity contribution is 0.628. The van der Waals surface area contributed by atoms with Crippen molar-refractivity contribution in [3.8, 4) is 0 Å². The maximum absolute atomic E-state index is 6.21. The molecule has 0 aliphatic carbocycles. The van der Waals surface area contributed by atoms with E-state index in [1.807, 2.05) is 11.8 Å². The third-order valence-electron chi connectivity index (χ3n) is 2.33. The molecule has 0 aromatic heterocycles. The minimum Gasteiger partial charge on any atom is -0.324 e. The molecule has 0 aliphatic heterocycles. The molecule has 0 saturated carbocycles. The van der Waals surface area contributed by atoms with Crippen molar-refractivity contribution in [3.63, 3.8) is 0 Å². The molecule has 1 rings (SSSR count). The van der Waals surface area contributed by atoms with Crippen LogP contribution in [0.3, 0.4) is 0 Å². The zero-order valence-electron chi connectivity index (χ0n) is 10.8. The predicted octanol–water partition coefficient (Wildman–Crippen LogP) is 4.38. The standard InChI is InChI=1S/C14H23NS/c1-5-8-12(15)11-9-6-7-10-13(11)16-14(2,3)4/h6-7,9-10,12H,5,8,15H2,1-4H3/t12-/m0/s1. The maximum atomic E-state index is 6.21. The monoisotopic (exact) mass is 237 g/mol. The van der Waals surface area contributed by atoms with Gasteiger partial charge in [0.05, 0.1) is 0 Å². The van der Waals surface area contributed by atoms with Gasteiger partial charge in [-0.15, -0.1) is 11.8 Å². The fraction of sp³-hybridized carbons (Fsp3) is 0.571. The summed E-state index contributed by atoms with van der Waals surface area (Å²) in [7, 11) is 0. The summed E-state index contributed by atoms with van der Waals surface area (Å²) in [5, 5.41) is 0. The highest BCUT2D eigenvalue weighted by molar-refractivity contribution is 8.00. The summed E-state index contributed by atoms with van der Waals surface area (Å²) >= 11 is 1.90. The smallest absolute Gasteiger partial charge is 0.0305 e. The van der Waals surface area contributed by atoms with Crippen molar-refractivity contribution < 1.29 is 0 Å². The highest BCUT2D eigenvalue weighted by atomic mass is 32.2. The Bertz CT molecular complexity index is 328. The second-order valence-corrected chi connectivity index (χ2v) is 7.02. The Hall–Kier alpha value is -0.470. The molecule has 0 aliphatic rings. The normalized spacial score (nSPS) is 13.8. The molecule has 1 aromatic rings. The van der Waals surface area contributed by atoms with Crippen LogP contribution >= 0.6 is 11.8 Å². The molecule has 0 fully saturated rings. The van der Waals surface area contributed by atoms with Gasteiger partial charge in [0, 0.05) is 15.7 Å². The first kappa shape index (κ1) is 13.6. The van der Waals surface area contributed by atoms with Crippen LogP contribution in [-0.2, 0) is 0 Å². The van der Waals surface area contributed by atoms with Gasteiger partial charge in [-0.1, -0.05) is 52.3 Å². The first-order chi connectivity index (χ1) is 7.44. The second-order valence-electron chi connectivity index (χ2n) is 5.15. The van der Waals surface area contributed by atoms with Crippen molar-refractivity contribution >= 4 is 11.8 Å². The first-order valence-electron chi connectivity index (χ1n) is 5.97. The third-order valence-corrected chi connectivity index (χ3v) is 3.54. The van der Waals surface area contributed by atoms with Gasteiger partial charge in [-0.2, -0.15) is 0 Å². The SMILES string of the molecule is CCC[C@H](N)c1ccccc1SC(C)(C)C. The van der Waals surface area contributed by atoms with E-state index in [0.29, 0.717) is 0 Å². The molecule has 0 amide bonds. The molecule has 16 heavy (non-hydrogen) atoms. The second kappa shape index (κ2) is 5.74. The summed E-state index contributed by atoms with van der Waals surface area (Å²) in [6.45, 7) is 8.89. The zero-order chi connectivity index (χ0) is 12.2. The Morgan fingerprint density at radius 3 is 2.44 bits per heavy atom. The number of benzene rings is 1. The largest absolute Gasteiger partial charge is 0.324 e. The van der Waals surface area contributed by atoms with E-state index in [1.165, 1.54) is 10.5 Å². The predicted molar refractivity (Wildman–Crippen MR) is 73.9 cm³/mol. The van der Waals surface area contributed by atoms with Crippen LogP contribution < -0.4 is 5.73 Å². The minimum absolute atomic E-state index is 0.177. The van der Waals surface area contributed by atoms with Gasteiger partial charge in [-0.05, 0) is 18.1 Å². The molecule has 1 atom stereocenters. The Balaban J connectivity index is 2.91. The molecule has 0 heterocycles. The molecule has 0 bridgehead atoms. The van der Waals surface area contributed by atoms with Gasteiger partial charge >= 0.3 is 0 Å². The molecular weight excluding hydrogens is 214 g/mol. The Labute approximate surface area is 104 Å². The van der Waals surface area contributed by atoms with E-state index in [2.05, 4.69) is 52.0 Å². The van der Waals surface area contributed by atoms with Gasteiger partial charge in [0.1, 0.15) is 0 Å². The molecule has 0 saturated heterocycles. The Morgan fingerprint density at radius 1 is 1.25 bits per heavy atom. The summed E-state index contributed by atoms with van der Waals surface area (Å²) < 4.78 is 0.238. The topological polar surface area (TPSA) is 26.0 Å². The Morgan fingerprint density at radius 2 is 1.88 bits per heavy atom. The van der Waals surface area contributed by atoms with Gasteiger partial charge in [0.25, 0.3) is 0 Å². The van der Waals surface area contributed by atoms with Crippen molar-refractivity contribution in [2.24, 2.45) is 5.73 Å². The quantitative estimate of drug-likeness (QED) is 0.787. The Kier molecular flexibility index (Phi) is 4.88. The summed E-state index contributed by atoms with van der Waals surface area (Å²) in [4.78, 5) is 1.33. The van der Waals surface area contributed by atoms with Crippen molar-refractivity contribution in [3.05, 3.63) is 29.8 Å². The average molecular weight is 237 g/mol. The molecule has 0 spiro atoms. The van der Waals surface area contributed by atoms with E-state index in [4.69, 9.17) is 5.73 Å². The summed E-state index contributed by atoms with van der Waals surface area (Å²) in [5.74, 6) is 0. The van der Waals surface area contributed by atoms with Crippen LogP contribution in [0.15, 0.2) is 29.2 Å². The van der Waals surface area contributed by atoms with Crippen molar-refractivity contribution in [2.45, 2.75) is 56.2 Å². The maximum Gasteiger partial charge on any atom is 0.0305 e. The third kappa shape index (κ3) is 4.18. The average Bonchev–Trinajstić information content (AvgIpc) is 2.16. The molecule has 2 N–H and O–H groups in total. The van der Waals surface area contributed by atoms with Crippen LogP contribution in [0.1, 0.15) is 52.1 Å². The molecule has 2 heteroatoms. The lowest BCUT2D eigenvalue weighted by atomic mass is 10.0. The number of nitrogens with two attached hydrogens (primary N) is 1. The lowest BCUT2D eigenvalue weighted by Crippen LogP contribution is -2.13. The van der Waals surface area contributed by atoms with Gasteiger partial charge in [0.2, 0.25) is 0 Å². The fourth-order valence-electron chi connectivity index (χ4n) is 1.68. The first-order valence-corrected chi connectivity index (χ1v) is 6.79. The molecule has 0 unspecified atom stereocenters. The molecular formula is C14H23NS. The zero-order valence-corrected chi connectivity index (χ0v) is 11.6. The lowest BCUT2D eigenvalue weighted by Gasteiger charge is -2.22. The van der Waals surface area contributed by atoms with Crippen LogP contribution in [0.25, 0.3) is 0 Å². The summed E-state index contributed by atoms with van der Waals surface area (Å²) in [6.07, 6.45) is 2.19. The number of rotatable bonds is 4. The highest BCUT2D eigenvalue weighted by Gasteiger charge is 2.16. The molecule has 0 radical (unpaired) electrons. The van der Waals surface area contributed by atoms with Gasteiger partial charge in [0.15, 0.2) is 0 Å². The minimum atomic E-state index is 0.177. The molecule has 90 valence electrons. The van der Waals surface area contributed by atoms with Crippen molar-refractivity contribution in [2.75, 3.05) is 0 Å². The van der Waals surface area contributed by atoms with Crippen LogP contribution in [-0.4, -0.2) is 4.75 Å². The molecule has 1 aromatic carbocycles. The van der Waals surface area contributed by atoms with Crippen LogP contribution in [0.2, 0.25) is 0 Å². The van der Waals surface area contributed by atoms with E-state index in [-0.39, 0.29) is 10.8 Å². The highest BCUT2D eigenvalue weighted by Crippen LogP contribution is 2.36. The number of thioether (sulfide) groups is 1. The van der Waals surface area contributed by atoms with Gasteiger partial charge in [-0.25, -0.2) is 0 Å². The number of hydrogen-bond acceptors (Lipinski definition) is 2. The van der Waals surface area contributed by atoms with E-state index in [9.17, 15) is 0 Å². The van der Waals surface area contributed by atoms with Gasteiger partial charge in [-0.3, -0.25) is 0 Å². The van der Waals surface area contributed by atoms with Crippen molar-refractivity contribution in [1.82, 2.24) is 0 Å². The number of hydrogen-bond donors (Lipinski definition) is 1. The van der Waals surface area contributed by atoms with E-state index >= 15 is 0 Å². The van der Waals surface area contributed by atoms with E-state index in [0.717, 1.165) is 12.8 Å². The summed E-state index contributed by atoms with van der Waals surface area (Å²) in [6, 6.07) is 8.69. The van der Waals surface area contributed by atoms with Crippen molar-refractivity contribution in [1.29, 1.82) is 0 Å². The summed E-state index contributed by atoms with van der Waals surface area (Å²) in [5.41, 5.74) is 7.51. The van der Waals surface area contributed by atoms with Crippen LogP contribution in [0.4, 0.5) is 0 Å². The van der Waals surface area contributed by atoms with E-state index in [1.54, 1.807) is 0 Å². The van der Waals surface area contributed by atoms with Crippen LogP contribution in [0, 0.1) is 0 Å². The van der Waals surface area contributed by atoms with Gasteiger partial charge < -0.3 is 5.73 Å². The molecule has 1 nitrogen and oxygen atoms in total. The van der Waals surface area contributed by atoms with E-state index < -0.39 is 0 Å². The van der Waals surface area contributed by atoms with Crippen LogP contribution in [0.5, 0.6) is 0 Å².